The Hall–Kier alpha value is -1.03. The van der Waals surface area contributed by atoms with Crippen LogP contribution in [0.15, 0.2) is 18.2 Å². The molecule has 3 nitrogen and oxygen atoms in total. The number of benzene rings is 1. The van der Waals surface area contributed by atoms with Crippen molar-refractivity contribution in [2.24, 2.45) is 7.05 Å². The van der Waals surface area contributed by atoms with E-state index in [9.17, 15) is 0 Å². The highest BCUT2D eigenvalue weighted by molar-refractivity contribution is 6.42. The normalized spacial score (nSPS) is 12.7. The Balaban J connectivity index is 2.31. The number of aryl methyl sites for hydroxylation is 2. The number of halogens is 2. The molecule has 0 aliphatic carbocycles. The number of rotatable bonds is 4. The van der Waals surface area contributed by atoms with Crippen molar-refractivity contribution in [3.8, 4) is 0 Å². The van der Waals surface area contributed by atoms with Crippen LogP contribution in [-0.4, -0.2) is 16.8 Å². The van der Waals surface area contributed by atoms with Gasteiger partial charge in [0.2, 0.25) is 0 Å². The van der Waals surface area contributed by atoms with E-state index in [4.69, 9.17) is 23.2 Å². The molecule has 0 fully saturated rings. The van der Waals surface area contributed by atoms with Crippen LogP contribution in [0, 0.1) is 13.8 Å². The minimum atomic E-state index is 0.186. The van der Waals surface area contributed by atoms with E-state index in [-0.39, 0.29) is 6.04 Å². The fourth-order valence-electron chi connectivity index (χ4n) is 2.43. The molecule has 0 saturated heterocycles. The van der Waals surface area contributed by atoms with Gasteiger partial charge in [0, 0.05) is 18.8 Å². The van der Waals surface area contributed by atoms with Gasteiger partial charge in [-0.3, -0.25) is 4.68 Å². The van der Waals surface area contributed by atoms with Gasteiger partial charge < -0.3 is 5.32 Å². The standard InChI is InChI=1S/C15H19Cl2N3/c1-9-12(10(2)20(4)19-9)8-15(18-3)11-5-6-13(16)14(17)7-11/h5-7,15,18H,8H2,1-4H3. The molecule has 0 bridgehead atoms. The fourth-order valence-corrected chi connectivity index (χ4v) is 2.74. The minimum absolute atomic E-state index is 0.186. The van der Waals surface area contributed by atoms with Gasteiger partial charge in [0.1, 0.15) is 0 Å². The molecule has 1 heterocycles. The molecule has 1 N–H and O–H groups in total. The van der Waals surface area contributed by atoms with Crippen LogP contribution in [0.5, 0.6) is 0 Å². The van der Waals surface area contributed by atoms with Gasteiger partial charge in [-0.05, 0) is 50.6 Å². The highest BCUT2D eigenvalue weighted by Crippen LogP contribution is 2.28. The van der Waals surface area contributed by atoms with Gasteiger partial charge in [-0.25, -0.2) is 0 Å². The van der Waals surface area contributed by atoms with Crippen molar-refractivity contribution < 1.29 is 0 Å². The first-order chi connectivity index (χ1) is 9.43. The second kappa shape index (κ2) is 6.17. The molecule has 2 aromatic rings. The van der Waals surface area contributed by atoms with Crippen molar-refractivity contribution >= 4 is 23.2 Å². The molecule has 0 saturated carbocycles. The number of hydrogen-bond acceptors (Lipinski definition) is 2. The second-order valence-corrected chi connectivity index (χ2v) is 5.81. The Bertz CT molecular complexity index is 620. The van der Waals surface area contributed by atoms with Crippen LogP contribution in [0.2, 0.25) is 10.0 Å². The van der Waals surface area contributed by atoms with Gasteiger partial charge in [-0.1, -0.05) is 29.3 Å². The third kappa shape index (κ3) is 3.00. The van der Waals surface area contributed by atoms with E-state index in [2.05, 4.69) is 17.3 Å². The number of likely N-dealkylation sites (N-methyl/N-ethyl adjacent to an activating group) is 1. The molecule has 1 aromatic carbocycles. The molecule has 1 atom stereocenters. The monoisotopic (exact) mass is 311 g/mol. The summed E-state index contributed by atoms with van der Waals surface area (Å²) >= 11 is 12.1. The van der Waals surface area contributed by atoms with Crippen LogP contribution in [0.3, 0.4) is 0 Å². The molecular weight excluding hydrogens is 293 g/mol. The zero-order valence-electron chi connectivity index (χ0n) is 12.2. The van der Waals surface area contributed by atoms with E-state index in [1.54, 1.807) is 0 Å². The lowest BCUT2D eigenvalue weighted by atomic mass is 9.98. The maximum Gasteiger partial charge on any atom is 0.0629 e. The first-order valence-corrected chi connectivity index (χ1v) is 7.31. The van der Waals surface area contributed by atoms with Crippen LogP contribution in [-0.2, 0) is 13.5 Å². The van der Waals surface area contributed by atoms with Crippen molar-refractivity contribution in [3.05, 3.63) is 50.8 Å². The zero-order valence-corrected chi connectivity index (χ0v) is 13.7. The molecule has 0 aliphatic heterocycles. The molecule has 0 amide bonds. The van der Waals surface area contributed by atoms with Crippen molar-refractivity contribution in [2.75, 3.05) is 7.05 Å². The first kappa shape index (κ1) is 15.4. The van der Waals surface area contributed by atoms with Crippen LogP contribution >= 0.6 is 23.2 Å². The van der Waals surface area contributed by atoms with Crippen LogP contribution in [0.1, 0.15) is 28.6 Å². The van der Waals surface area contributed by atoms with Gasteiger partial charge in [0.15, 0.2) is 0 Å². The Morgan fingerprint density at radius 1 is 1.25 bits per heavy atom. The summed E-state index contributed by atoms with van der Waals surface area (Å²) in [5, 5.41) is 8.97. The lowest BCUT2D eigenvalue weighted by molar-refractivity contribution is 0.588. The van der Waals surface area contributed by atoms with Gasteiger partial charge in [-0.2, -0.15) is 5.10 Å². The SMILES string of the molecule is CNC(Cc1c(C)nn(C)c1C)c1ccc(Cl)c(Cl)c1. The summed E-state index contributed by atoms with van der Waals surface area (Å²) in [5.41, 5.74) is 4.68. The van der Waals surface area contributed by atoms with Crippen molar-refractivity contribution in [2.45, 2.75) is 26.3 Å². The molecule has 0 spiro atoms. The van der Waals surface area contributed by atoms with Crippen molar-refractivity contribution in [3.63, 3.8) is 0 Å². The maximum absolute atomic E-state index is 6.11. The minimum Gasteiger partial charge on any atom is -0.313 e. The average Bonchev–Trinajstić information content (AvgIpc) is 2.65. The lowest BCUT2D eigenvalue weighted by Crippen LogP contribution is -2.19. The van der Waals surface area contributed by atoms with E-state index in [1.807, 2.05) is 43.9 Å². The maximum atomic E-state index is 6.11. The van der Waals surface area contributed by atoms with E-state index < -0.39 is 0 Å². The molecule has 0 radical (unpaired) electrons. The summed E-state index contributed by atoms with van der Waals surface area (Å²) in [7, 11) is 3.92. The van der Waals surface area contributed by atoms with E-state index >= 15 is 0 Å². The lowest BCUT2D eigenvalue weighted by Gasteiger charge is -2.17. The smallest absolute Gasteiger partial charge is 0.0629 e. The van der Waals surface area contributed by atoms with Crippen LogP contribution in [0.4, 0.5) is 0 Å². The predicted octanol–water partition coefficient (Wildman–Crippen LogP) is 3.85. The molecular formula is C15H19Cl2N3. The molecule has 1 unspecified atom stereocenters. The number of hydrogen-bond donors (Lipinski definition) is 1. The summed E-state index contributed by atoms with van der Waals surface area (Å²) in [6.07, 6.45) is 0.875. The van der Waals surface area contributed by atoms with E-state index in [0.717, 1.165) is 17.7 Å². The molecule has 5 heteroatoms. The Morgan fingerprint density at radius 3 is 2.45 bits per heavy atom. The summed E-state index contributed by atoms with van der Waals surface area (Å²) < 4.78 is 1.92. The molecule has 20 heavy (non-hydrogen) atoms. The molecule has 1 aromatic heterocycles. The number of nitrogens with zero attached hydrogens (tertiary/aromatic N) is 2. The van der Waals surface area contributed by atoms with Gasteiger partial charge >= 0.3 is 0 Å². The van der Waals surface area contributed by atoms with E-state index in [1.165, 1.54) is 11.3 Å². The molecule has 108 valence electrons. The quantitative estimate of drug-likeness (QED) is 0.929. The third-order valence-electron chi connectivity index (χ3n) is 3.76. The van der Waals surface area contributed by atoms with Gasteiger partial charge in [-0.15, -0.1) is 0 Å². The summed E-state index contributed by atoms with van der Waals surface area (Å²) in [5.74, 6) is 0. The highest BCUT2D eigenvalue weighted by atomic mass is 35.5. The van der Waals surface area contributed by atoms with Gasteiger partial charge in [0.25, 0.3) is 0 Å². The number of nitrogens with one attached hydrogen (secondary N) is 1. The van der Waals surface area contributed by atoms with Crippen LogP contribution < -0.4 is 5.32 Å². The zero-order chi connectivity index (χ0) is 14.9. The molecule has 0 aliphatic rings. The highest BCUT2D eigenvalue weighted by Gasteiger charge is 2.17. The Morgan fingerprint density at radius 2 is 1.95 bits per heavy atom. The summed E-state index contributed by atoms with van der Waals surface area (Å²) in [6.45, 7) is 4.14. The topological polar surface area (TPSA) is 29.9 Å². The number of aromatic nitrogens is 2. The van der Waals surface area contributed by atoms with Gasteiger partial charge in [0.05, 0.1) is 15.7 Å². The summed E-state index contributed by atoms with van der Waals surface area (Å²) in [6, 6.07) is 5.96. The Kier molecular flexibility index (Phi) is 4.74. The Labute approximate surface area is 129 Å². The fraction of sp³-hybridized carbons (Fsp3) is 0.400. The molecule has 2 rings (SSSR count). The average molecular weight is 312 g/mol. The predicted molar refractivity (Wildman–Crippen MR) is 84.6 cm³/mol. The third-order valence-corrected chi connectivity index (χ3v) is 4.50. The van der Waals surface area contributed by atoms with E-state index in [0.29, 0.717) is 10.0 Å². The van der Waals surface area contributed by atoms with Crippen molar-refractivity contribution in [1.82, 2.24) is 15.1 Å². The second-order valence-electron chi connectivity index (χ2n) is 4.99. The summed E-state index contributed by atoms with van der Waals surface area (Å²) in [4.78, 5) is 0. The van der Waals surface area contributed by atoms with Crippen molar-refractivity contribution in [1.29, 1.82) is 0 Å². The van der Waals surface area contributed by atoms with Crippen LogP contribution in [0.25, 0.3) is 0 Å². The first-order valence-electron chi connectivity index (χ1n) is 6.55. The largest absolute Gasteiger partial charge is 0.313 e.